The zero-order valence-electron chi connectivity index (χ0n) is 13.2. The minimum absolute atomic E-state index is 0.0356. The molecule has 0 unspecified atom stereocenters. The second kappa shape index (κ2) is 6.90. The zero-order chi connectivity index (χ0) is 18.7. The lowest BCUT2D eigenvalue weighted by atomic mass is 10.3. The number of carbonyl (C=O) groups excluding carboxylic acids is 2. The molecule has 136 valence electrons. The fraction of sp³-hybridized carbons (Fsp3) is 0.188. The second-order valence-corrected chi connectivity index (χ2v) is 5.32. The second-order valence-electron chi connectivity index (χ2n) is 5.32. The average Bonchev–Trinajstić information content (AvgIpc) is 3.20. The molecule has 2 aromatic heterocycles. The Morgan fingerprint density at radius 3 is 2.62 bits per heavy atom. The predicted molar refractivity (Wildman–Crippen MR) is 83.8 cm³/mol. The fourth-order valence-corrected chi connectivity index (χ4v) is 2.39. The van der Waals surface area contributed by atoms with Crippen molar-refractivity contribution in [2.45, 2.75) is 19.3 Å². The molecule has 0 atom stereocenters. The fourth-order valence-electron chi connectivity index (χ4n) is 2.39. The first-order chi connectivity index (χ1) is 12.3. The SMILES string of the molecule is O=C(Cn1c(C(F)(F)F)nc2ccccc21)NC(=O)NCc1ccco1. The van der Waals surface area contributed by atoms with E-state index in [1.807, 2.05) is 5.32 Å². The summed E-state index contributed by atoms with van der Waals surface area (Å²) in [5.74, 6) is -1.65. The third-order valence-corrected chi connectivity index (χ3v) is 3.47. The summed E-state index contributed by atoms with van der Waals surface area (Å²) in [5.41, 5.74) is 0.251. The Balaban J connectivity index is 1.71. The highest BCUT2D eigenvalue weighted by Gasteiger charge is 2.38. The molecule has 3 amide bonds. The van der Waals surface area contributed by atoms with Gasteiger partial charge in [-0.15, -0.1) is 0 Å². The molecular formula is C16H13F3N4O3. The van der Waals surface area contributed by atoms with Gasteiger partial charge in [-0.25, -0.2) is 9.78 Å². The molecule has 0 bridgehead atoms. The van der Waals surface area contributed by atoms with Crippen molar-refractivity contribution in [2.24, 2.45) is 0 Å². The van der Waals surface area contributed by atoms with Crippen molar-refractivity contribution in [1.29, 1.82) is 0 Å². The Labute approximate surface area is 144 Å². The van der Waals surface area contributed by atoms with Gasteiger partial charge in [0.1, 0.15) is 12.3 Å². The Morgan fingerprint density at radius 1 is 1.15 bits per heavy atom. The highest BCUT2D eigenvalue weighted by atomic mass is 19.4. The Kier molecular flexibility index (Phi) is 4.65. The number of para-hydroxylation sites is 2. The molecule has 0 spiro atoms. The number of hydrogen-bond donors (Lipinski definition) is 2. The van der Waals surface area contributed by atoms with Crippen LogP contribution in [0.2, 0.25) is 0 Å². The van der Waals surface area contributed by atoms with E-state index in [9.17, 15) is 22.8 Å². The summed E-state index contributed by atoms with van der Waals surface area (Å²) < 4.78 is 45.3. The van der Waals surface area contributed by atoms with Crippen LogP contribution in [0.5, 0.6) is 0 Å². The summed E-state index contributed by atoms with van der Waals surface area (Å²) in [6.45, 7) is -0.669. The number of alkyl halides is 3. The number of furan rings is 1. The van der Waals surface area contributed by atoms with Gasteiger partial charge < -0.3 is 14.3 Å². The van der Waals surface area contributed by atoms with Crippen molar-refractivity contribution in [3.05, 3.63) is 54.2 Å². The third kappa shape index (κ3) is 3.85. The van der Waals surface area contributed by atoms with E-state index in [0.29, 0.717) is 5.76 Å². The summed E-state index contributed by atoms with van der Waals surface area (Å²) in [7, 11) is 0. The van der Waals surface area contributed by atoms with Gasteiger partial charge in [0.2, 0.25) is 11.7 Å². The molecule has 3 rings (SSSR count). The van der Waals surface area contributed by atoms with E-state index >= 15 is 0 Å². The van der Waals surface area contributed by atoms with E-state index in [2.05, 4.69) is 10.3 Å². The number of imide groups is 1. The Hall–Kier alpha value is -3.30. The normalized spacial score (nSPS) is 11.5. The number of fused-ring (bicyclic) bond motifs is 1. The first-order valence-corrected chi connectivity index (χ1v) is 7.47. The first kappa shape index (κ1) is 17.5. The van der Waals surface area contributed by atoms with Gasteiger partial charge in [-0.05, 0) is 24.3 Å². The van der Waals surface area contributed by atoms with Crippen LogP contribution in [0.3, 0.4) is 0 Å². The maximum Gasteiger partial charge on any atom is 0.449 e. The number of benzene rings is 1. The molecule has 0 fully saturated rings. The summed E-state index contributed by atoms with van der Waals surface area (Å²) in [5, 5.41) is 4.34. The van der Waals surface area contributed by atoms with Gasteiger partial charge in [-0.1, -0.05) is 12.1 Å². The minimum atomic E-state index is -4.74. The van der Waals surface area contributed by atoms with E-state index in [1.165, 1.54) is 24.5 Å². The lowest BCUT2D eigenvalue weighted by molar-refractivity contribution is -0.147. The number of rotatable bonds is 4. The molecule has 3 aromatic rings. The Morgan fingerprint density at radius 2 is 1.92 bits per heavy atom. The molecule has 2 N–H and O–H groups in total. The van der Waals surface area contributed by atoms with Crippen LogP contribution in [0.1, 0.15) is 11.6 Å². The van der Waals surface area contributed by atoms with Crippen LogP contribution in [0.4, 0.5) is 18.0 Å². The maximum atomic E-state index is 13.2. The number of imidazole rings is 1. The molecule has 0 saturated carbocycles. The van der Waals surface area contributed by atoms with Crippen LogP contribution < -0.4 is 10.6 Å². The van der Waals surface area contributed by atoms with E-state index in [4.69, 9.17) is 4.42 Å². The number of nitrogens with zero attached hydrogens (tertiary/aromatic N) is 2. The van der Waals surface area contributed by atoms with Crippen molar-refractivity contribution in [3.8, 4) is 0 Å². The van der Waals surface area contributed by atoms with Crippen molar-refractivity contribution in [1.82, 2.24) is 20.2 Å². The lowest BCUT2D eigenvalue weighted by Gasteiger charge is -2.11. The van der Waals surface area contributed by atoms with Gasteiger partial charge in [0, 0.05) is 0 Å². The molecule has 0 radical (unpaired) electrons. The van der Waals surface area contributed by atoms with Crippen molar-refractivity contribution < 1.29 is 27.2 Å². The van der Waals surface area contributed by atoms with Crippen LogP contribution in [0.25, 0.3) is 11.0 Å². The molecule has 1 aromatic carbocycles. The summed E-state index contributed by atoms with van der Waals surface area (Å²) in [6, 6.07) is 8.32. The van der Waals surface area contributed by atoms with Gasteiger partial charge in [-0.2, -0.15) is 13.2 Å². The quantitative estimate of drug-likeness (QED) is 0.743. The first-order valence-electron chi connectivity index (χ1n) is 7.47. The van der Waals surface area contributed by atoms with Gasteiger partial charge in [-0.3, -0.25) is 10.1 Å². The van der Waals surface area contributed by atoms with E-state index in [1.54, 1.807) is 18.2 Å². The summed E-state index contributed by atoms with van der Waals surface area (Å²) in [6.07, 6.45) is -3.32. The molecule has 0 aliphatic carbocycles. The lowest BCUT2D eigenvalue weighted by Crippen LogP contribution is -2.41. The van der Waals surface area contributed by atoms with Crippen LogP contribution in [0, 0.1) is 0 Å². The Bertz CT molecular complexity index is 932. The number of carbonyl (C=O) groups is 2. The number of urea groups is 1. The van der Waals surface area contributed by atoms with Crippen LogP contribution in [-0.2, 0) is 24.1 Å². The summed E-state index contributed by atoms with van der Waals surface area (Å²) >= 11 is 0. The van der Waals surface area contributed by atoms with Crippen LogP contribution in [0.15, 0.2) is 47.1 Å². The van der Waals surface area contributed by atoms with Crippen LogP contribution in [-0.4, -0.2) is 21.5 Å². The number of amides is 3. The largest absolute Gasteiger partial charge is 0.467 e. The molecular weight excluding hydrogens is 353 g/mol. The van der Waals surface area contributed by atoms with Gasteiger partial charge in [0.05, 0.1) is 23.8 Å². The van der Waals surface area contributed by atoms with Crippen molar-refractivity contribution in [3.63, 3.8) is 0 Å². The number of hydrogen-bond acceptors (Lipinski definition) is 4. The monoisotopic (exact) mass is 366 g/mol. The minimum Gasteiger partial charge on any atom is -0.467 e. The number of aromatic nitrogens is 2. The standard InChI is InChI=1S/C16H13F3N4O3/c17-16(18,19)14-21-11-5-1-2-6-12(11)23(14)9-13(24)22-15(25)20-8-10-4-3-7-26-10/h1-7H,8-9H2,(H2,20,22,24,25). The van der Waals surface area contributed by atoms with Gasteiger partial charge >= 0.3 is 12.2 Å². The van der Waals surface area contributed by atoms with E-state index in [0.717, 1.165) is 4.57 Å². The highest BCUT2D eigenvalue weighted by molar-refractivity contribution is 5.94. The summed E-state index contributed by atoms with van der Waals surface area (Å²) in [4.78, 5) is 27.2. The van der Waals surface area contributed by atoms with Gasteiger partial charge in [0.15, 0.2) is 0 Å². The number of nitrogens with one attached hydrogen (secondary N) is 2. The number of halogens is 3. The molecule has 26 heavy (non-hydrogen) atoms. The van der Waals surface area contributed by atoms with Gasteiger partial charge in [0.25, 0.3) is 0 Å². The molecule has 0 saturated heterocycles. The predicted octanol–water partition coefficient (Wildman–Crippen LogP) is 2.67. The van der Waals surface area contributed by atoms with E-state index in [-0.39, 0.29) is 17.6 Å². The molecule has 10 heteroatoms. The highest BCUT2D eigenvalue weighted by Crippen LogP contribution is 2.31. The maximum absolute atomic E-state index is 13.2. The molecule has 7 nitrogen and oxygen atoms in total. The van der Waals surface area contributed by atoms with Crippen LogP contribution >= 0.6 is 0 Å². The third-order valence-electron chi connectivity index (χ3n) is 3.47. The molecule has 0 aliphatic rings. The van der Waals surface area contributed by atoms with E-state index < -0.39 is 30.5 Å². The molecule has 2 heterocycles. The topological polar surface area (TPSA) is 89.2 Å². The van der Waals surface area contributed by atoms with Crippen molar-refractivity contribution >= 4 is 23.0 Å². The smallest absolute Gasteiger partial charge is 0.449 e. The van der Waals surface area contributed by atoms with Crippen molar-refractivity contribution in [2.75, 3.05) is 0 Å². The molecule has 0 aliphatic heterocycles. The average molecular weight is 366 g/mol. The zero-order valence-corrected chi connectivity index (χ0v) is 13.2.